The molecule has 0 aliphatic rings. The lowest BCUT2D eigenvalue weighted by Gasteiger charge is -2.23. The minimum Gasteiger partial charge on any atom is -0.445 e. The van der Waals surface area contributed by atoms with Crippen LogP contribution in [-0.2, 0) is 33.5 Å². The van der Waals surface area contributed by atoms with Gasteiger partial charge in [0.1, 0.15) is 18.7 Å². The van der Waals surface area contributed by atoms with Crippen LogP contribution in [0.2, 0.25) is 0 Å². The molecule has 0 bridgehead atoms. The van der Waals surface area contributed by atoms with Crippen molar-refractivity contribution in [3.8, 4) is 0 Å². The normalized spacial score (nSPS) is 14.0. The third kappa shape index (κ3) is 8.11. The number of hydrogen-bond donors (Lipinski definition) is 4. The number of nitrogens with two attached hydrogens (primary N) is 1. The smallest absolute Gasteiger partial charge is 0.416 e. The highest BCUT2D eigenvalue weighted by molar-refractivity contribution is 5.91. The summed E-state index contributed by atoms with van der Waals surface area (Å²) in [7, 11) is 0. The summed E-state index contributed by atoms with van der Waals surface area (Å²) in [5.41, 5.74) is 5.18. The fraction of sp³-hybridized carbons (Fsp3) is 0.318. The molecule has 0 aliphatic carbocycles. The molecule has 0 radical (unpaired) electrons. The van der Waals surface area contributed by atoms with Crippen molar-refractivity contribution < 1.29 is 37.4 Å². The summed E-state index contributed by atoms with van der Waals surface area (Å²) in [5, 5.41) is 14.4. The Hall–Kier alpha value is -3.60. The fourth-order valence-corrected chi connectivity index (χ4v) is 2.89. The number of alkyl halides is 3. The second kappa shape index (κ2) is 11.3. The number of amides is 3. The maximum Gasteiger partial charge on any atom is 0.416 e. The Kier molecular flexibility index (Phi) is 8.80. The van der Waals surface area contributed by atoms with Crippen LogP contribution in [0.4, 0.5) is 18.0 Å². The zero-order chi connectivity index (χ0) is 24.6. The van der Waals surface area contributed by atoms with Crippen LogP contribution in [0.5, 0.6) is 0 Å². The molecule has 2 rings (SSSR count). The number of primary amides is 1. The molecule has 0 saturated carbocycles. The first-order valence-electron chi connectivity index (χ1n) is 9.88. The summed E-state index contributed by atoms with van der Waals surface area (Å²) in [6.45, 7) is 1.15. The van der Waals surface area contributed by atoms with Gasteiger partial charge in [0.15, 0.2) is 0 Å². The number of aliphatic hydroxyl groups excluding tert-OH is 1. The summed E-state index contributed by atoms with van der Waals surface area (Å²) in [6.07, 6.45) is -7.27. The molecule has 0 unspecified atom stereocenters. The summed E-state index contributed by atoms with van der Waals surface area (Å²) < 4.78 is 43.8. The van der Waals surface area contributed by atoms with Gasteiger partial charge in [-0.05, 0) is 24.1 Å². The summed E-state index contributed by atoms with van der Waals surface area (Å²) in [5.74, 6) is -1.96. The van der Waals surface area contributed by atoms with Crippen molar-refractivity contribution in [1.82, 2.24) is 10.6 Å². The van der Waals surface area contributed by atoms with Crippen LogP contribution in [0.15, 0.2) is 54.6 Å². The molecular weight excluding hydrogens is 443 g/mol. The summed E-state index contributed by atoms with van der Waals surface area (Å²) in [4.78, 5) is 36.5. The molecule has 3 atom stereocenters. The standard InChI is InChI=1S/C22H24F3N3O5/c1-13(29)18(28-21(32)33-12-14-6-3-2-4-7-14)20(31)27-17(19(26)30)11-15-8-5-9-16(10-15)22(23,24)25/h2-10,13,17-18,29H,11-12H2,1H3,(H2,26,30)(H,27,31)(H,28,32)/t13-,17-,18+/m1/s1. The predicted molar refractivity (Wildman–Crippen MR) is 112 cm³/mol. The van der Waals surface area contributed by atoms with Gasteiger partial charge in [-0.15, -0.1) is 0 Å². The number of benzene rings is 2. The van der Waals surface area contributed by atoms with Gasteiger partial charge in [-0.3, -0.25) is 9.59 Å². The Morgan fingerprint density at radius 2 is 1.67 bits per heavy atom. The van der Waals surface area contributed by atoms with Gasteiger partial charge in [-0.25, -0.2) is 4.79 Å². The van der Waals surface area contributed by atoms with E-state index in [0.717, 1.165) is 12.1 Å². The van der Waals surface area contributed by atoms with Crippen LogP contribution < -0.4 is 16.4 Å². The number of carbonyl (C=O) groups is 3. The number of halogens is 3. The Morgan fingerprint density at radius 1 is 1.03 bits per heavy atom. The first-order chi connectivity index (χ1) is 15.5. The zero-order valence-corrected chi connectivity index (χ0v) is 17.6. The molecule has 178 valence electrons. The van der Waals surface area contributed by atoms with Gasteiger partial charge >= 0.3 is 12.3 Å². The van der Waals surface area contributed by atoms with Gasteiger partial charge in [0.2, 0.25) is 11.8 Å². The lowest BCUT2D eigenvalue weighted by Crippen LogP contribution is -2.57. The molecule has 5 N–H and O–H groups in total. The molecule has 2 aromatic carbocycles. The van der Waals surface area contributed by atoms with E-state index >= 15 is 0 Å². The number of nitrogens with one attached hydrogen (secondary N) is 2. The van der Waals surface area contributed by atoms with E-state index in [-0.39, 0.29) is 18.6 Å². The lowest BCUT2D eigenvalue weighted by atomic mass is 10.0. The van der Waals surface area contributed by atoms with Crippen LogP contribution in [0, 0.1) is 0 Å². The molecule has 8 nitrogen and oxygen atoms in total. The second-order valence-electron chi connectivity index (χ2n) is 7.29. The second-order valence-corrected chi connectivity index (χ2v) is 7.29. The van der Waals surface area contributed by atoms with Crippen molar-refractivity contribution in [3.05, 3.63) is 71.3 Å². The van der Waals surface area contributed by atoms with E-state index in [1.165, 1.54) is 19.1 Å². The number of hydrogen-bond acceptors (Lipinski definition) is 5. The Morgan fingerprint density at radius 3 is 2.24 bits per heavy atom. The van der Waals surface area contributed by atoms with Crippen LogP contribution in [0.25, 0.3) is 0 Å². The summed E-state index contributed by atoms with van der Waals surface area (Å²) in [6, 6.07) is 10.1. The predicted octanol–water partition coefficient (Wildman–Crippen LogP) is 1.89. The number of ether oxygens (including phenoxy) is 1. The molecule has 0 aromatic heterocycles. The largest absolute Gasteiger partial charge is 0.445 e. The molecule has 33 heavy (non-hydrogen) atoms. The fourth-order valence-electron chi connectivity index (χ4n) is 2.89. The summed E-state index contributed by atoms with van der Waals surface area (Å²) >= 11 is 0. The van der Waals surface area contributed by atoms with Crippen LogP contribution in [0.1, 0.15) is 23.6 Å². The highest BCUT2D eigenvalue weighted by atomic mass is 19.4. The van der Waals surface area contributed by atoms with E-state index in [4.69, 9.17) is 10.5 Å². The van der Waals surface area contributed by atoms with Crippen molar-refractivity contribution >= 4 is 17.9 Å². The number of alkyl carbamates (subject to hydrolysis) is 1. The van der Waals surface area contributed by atoms with E-state index in [2.05, 4.69) is 10.6 Å². The molecule has 0 fully saturated rings. The van der Waals surface area contributed by atoms with Crippen molar-refractivity contribution in [3.63, 3.8) is 0 Å². The van der Waals surface area contributed by atoms with Gasteiger partial charge in [0, 0.05) is 6.42 Å². The molecule has 0 spiro atoms. The highest BCUT2D eigenvalue weighted by Gasteiger charge is 2.32. The molecule has 11 heteroatoms. The average Bonchev–Trinajstić information content (AvgIpc) is 2.75. The molecule has 0 heterocycles. The molecule has 3 amide bonds. The zero-order valence-electron chi connectivity index (χ0n) is 17.6. The van der Waals surface area contributed by atoms with E-state index in [1.54, 1.807) is 30.3 Å². The van der Waals surface area contributed by atoms with Gasteiger partial charge in [-0.1, -0.05) is 48.5 Å². The van der Waals surface area contributed by atoms with Crippen LogP contribution in [0.3, 0.4) is 0 Å². The first-order valence-corrected chi connectivity index (χ1v) is 9.88. The van der Waals surface area contributed by atoms with Gasteiger partial charge in [-0.2, -0.15) is 13.2 Å². The van der Waals surface area contributed by atoms with Crippen molar-refractivity contribution in [2.45, 2.75) is 44.3 Å². The number of aliphatic hydroxyl groups is 1. The number of carbonyl (C=O) groups excluding carboxylic acids is 3. The van der Waals surface area contributed by atoms with Crippen molar-refractivity contribution in [2.75, 3.05) is 0 Å². The van der Waals surface area contributed by atoms with E-state index in [0.29, 0.717) is 5.56 Å². The molecule has 2 aromatic rings. The maximum absolute atomic E-state index is 12.9. The minimum absolute atomic E-state index is 0.0831. The first kappa shape index (κ1) is 25.7. The van der Waals surface area contributed by atoms with Crippen LogP contribution >= 0.6 is 0 Å². The third-order valence-corrected chi connectivity index (χ3v) is 4.61. The quantitative estimate of drug-likeness (QED) is 0.448. The molecule has 0 aliphatic heterocycles. The van der Waals surface area contributed by atoms with Crippen molar-refractivity contribution in [2.24, 2.45) is 5.73 Å². The average molecular weight is 467 g/mol. The van der Waals surface area contributed by atoms with E-state index < -0.39 is 47.8 Å². The van der Waals surface area contributed by atoms with Gasteiger partial charge < -0.3 is 26.2 Å². The van der Waals surface area contributed by atoms with Crippen molar-refractivity contribution in [1.29, 1.82) is 0 Å². The molecule has 0 saturated heterocycles. The van der Waals surface area contributed by atoms with E-state index in [1.807, 2.05) is 0 Å². The van der Waals surface area contributed by atoms with Gasteiger partial charge in [0.05, 0.1) is 11.7 Å². The Balaban J connectivity index is 2.03. The van der Waals surface area contributed by atoms with E-state index in [9.17, 15) is 32.7 Å². The number of rotatable bonds is 9. The van der Waals surface area contributed by atoms with Gasteiger partial charge in [0.25, 0.3) is 0 Å². The highest BCUT2D eigenvalue weighted by Crippen LogP contribution is 2.29. The maximum atomic E-state index is 12.9. The topological polar surface area (TPSA) is 131 Å². The Bertz CT molecular complexity index is 967. The van der Waals surface area contributed by atoms with Crippen LogP contribution in [-0.4, -0.2) is 41.2 Å². The Labute approximate surface area is 187 Å². The SMILES string of the molecule is C[C@@H](O)[C@H](NC(=O)OCc1ccccc1)C(=O)N[C@H](Cc1cccc(C(F)(F)F)c1)C(N)=O. The molecular formula is C22H24F3N3O5. The monoisotopic (exact) mass is 467 g/mol. The third-order valence-electron chi connectivity index (χ3n) is 4.61. The minimum atomic E-state index is -4.58. The lowest BCUT2D eigenvalue weighted by molar-refractivity contribution is -0.137.